The third-order valence-corrected chi connectivity index (χ3v) is 5.87. The van der Waals surface area contributed by atoms with E-state index in [1.165, 1.54) is 38.9 Å². The summed E-state index contributed by atoms with van der Waals surface area (Å²) in [5, 5.41) is 0. The van der Waals surface area contributed by atoms with Crippen LogP contribution in [0.15, 0.2) is 18.2 Å². The summed E-state index contributed by atoms with van der Waals surface area (Å²) in [4.78, 5) is 2.49. The van der Waals surface area contributed by atoms with Crippen LogP contribution in [-0.2, 0) is 12.8 Å². The maximum absolute atomic E-state index is 5.92. The Kier molecular flexibility index (Phi) is 2.64. The van der Waals surface area contributed by atoms with Crippen LogP contribution in [0.4, 0.5) is 0 Å². The second kappa shape index (κ2) is 4.51. The van der Waals surface area contributed by atoms with Crippen LogP contribution >= 0.6 is 0 Å². The van der Waals surface area contributed by atoms with Gasteiger partial charge in [-0.15, -0.1) is 0 Å². The third-order valence-electron chi connectivity index (χ3n) is 5.87. The minimum atomic E-state index is 0.339. The first-order valence-corrected chi connectivity index (χ1v) is 8.40. The molecule has 2 aromatic carbocycles. The van der Waals surface area contributed by atoms with Crippen molar-refractivity contribution in [3.63, 3.8) is 0 Å². The van der Waals surface area contributed by atoms with E-state index in [9.17, 15) is 0 Å². The zero-order valence-corrected chi connectivity index (χ0v) is 13.9. The van der Waals surface area contributed by atoms with E-state index >= 15 is 0 Å². The lowest BCUT2D eigenvalue weighted by Crippen LogP contribution is -2.35. The Morgan fingerprint density at radius 1 is 1.09 bits per heavy atom. The number of hydrogen-bond donors (Lipinski definition) is 0. The molecule has 3 heteroatoms. The summed E-state index contributed by atoms with van der Waals surface area (Å²) in [5.41, 5.74) is 9.76. The van der Waals surface area contributed by atoms with Crippen LogP contribution in [0.5, 0.6) is 11.5 Å². The van der Waals surface area contributed by atoms with E-state index in [2.05, 4.69) is 44.0 Å². The fourth-order valence-electron chi connectivity index (χ4n) is 4.47. The van der Waals surface area contributed by atoms with Crippen molar-refractivity contribution in [2.24, 2.45) is 0 Å². The van der Waals surface area contributed by atoms with Crippen LogP contribution in [0.1, 0.15) is 33.9 Å². The summed E-state index contributed by atoms with van der Waals surface area (Å²) < 4.78 is 11.7. The van der Waals surface area contributed by atoms with Gasteiger partial charge in [0.1, 0.15) is 0 Å². The Labute approximate surface area is 136 Å². The standard InChI is InChI=1S/C20H21NO2/c1-11-4-5-13-8-15-18-14(6-7-21(15)3)9-16-20(23-10-22-16)19(18)17(13)12(11)2/h4-5,9,15H,6-8,10H2,1-3H3. The maximum Gasteiger partial charge on any atom is 0.231 e. The first-order chi connectivity index (χ1) is 11.1. The Bertz CT molecular complexity index is 840. The van der Waals surface area contributed by atoms with E-state index in [0.717, 1.165) is 30.9 Å². The van der Waals surface area contributed by atoms with Gasteiger partial charge in [-0.25, -0.2) is 0 Å². The van der Waals surface area contributed by atoms with Crippen LogP contribution in [-0.4, -0.2) is 25.3 Å². The number of likely N-dealkylation sites (N-methyl/N-ethyl adjacent to an activating group) is 1. The van der Waals surface area contributed by atoms with Crippen LogP contribution in [0.3, 0.4) is 0 Å². The topological polar surface area (TPSA) is 21.7 Å². The van der Waals surface area contributed by atoms with E-state index < -0.39 is 0 Å². The molecule has 0 saturated carbocycles. The summed E-state index contributed by atoms with van der Waals surface area (Å²) >= 11 is 0. The molecule has 3 aliphatic rings. The predicted octanol–water partition coefficient (Wildman–Crippen LogP) is 3.78. The van der Waals surface area contributed by atoms with Gasteiger partial charge in [-0.3, -0.25) is 4.90 Å². The zero-order chi connectivity index (χ0) is 15.7. The van der Waals surface area contributed by atoms with E-state index in [0.29, 0.717) is 12.8 Å². The van der Waals surface area contributed by atoms with Crippen molar-refractivity contribution in [3.05, 3.63) is 46.0 Å². The van der Waals surface area contributed by atoms with Gasteiger partial charge < -0.3 is 9.47 Å². The molecule has 0 amide bonds. The molecule has 2 aliphatic heterocycles. The van der Waals surface area contributed by atoms with E-state index in [1.807, 2.05) is 0 Å². The Morgan fingerprint density at radius 3 is 2.83 bits per heavy atom. The fourth-order valence-corrected chi connectivity index (χ4v) is 4.47. The molecule has 0 aromatic heterocycles. The molecular formula is C20H21NO2. The normalized spacial score (nSPS) is 21.1. The lowest BCUT2D eigenvalue weighted by Gasteiger charge is -2.40. The van der Waals surface area contributed by atoms with Crippen molar-refractivity contribution in [2.45, 2.75) is 32.7 Å². The molecule has 23 heavy (non-hydrogen) atoms. The molecule has 0 bridgehead atoms. The molecular weight excluding hydrogens is 286 g/mol. The SMILES string of the molecule is Cc1ccc2c(c1C)-c1c3c(cc4c1C(C2)N(C)CC4)OCO3. The number of aryl methyl sites for hydroxylation is 1. The van der Waals surface area contributed by atoms with Crippen LogP contribution in [0.2, 0.25) is 0 Å². The van der Waals surface area contributed by atoms with Crippen LogP contribution in [0.25, 0.3) is 11.1 Å². The number of hydrogen-bond acceptors (Lipinski definition) is 3. The van der Waals surface area contributed by atoms with Gasteiger partial charge in [0.05, 0.1) is 0 Å². The summed E-state index contributed by atoms with van der Waals surface area (Å²) in [7, 11) is 2.24. The molecule has 3 nitrogen and oxygen atoms in total. The smallest absolute Gasteiger partial charge is 0.231 e. The van der Waals surface area contributed by atoms with Crippen molar-refractivity contribution in [1.82, 2.24) is 4.90 Å². The van der Waals surface area contributed by atoms with Crippen molar-refractivity contribution in [1.29, 1.82) is 0 Å². The Hall–Kier alpha value is -2.00. The Morgan fingerprint density at radius 2 is 1.96 bits per heavy atom. The summed E-state index contributed by atoms with van der Waals surface area (Å²) in [6.45, 7) is 5.88. The summed E-state index contributed by atoms with van der Waals surface area (Å²) in [6.07, 6.45) is 2.18. The first kappa shape index (κ1) is 13.4. The molecule has 0 saturated heterocycles. The number of ether oxygens (including phenoxy) is 2. The van der Waals surface area contributed by atoms with E-state index in [4.69, 9.17) is 9.47 Å². The first-order valence-electron chi connectivity index (χ1n) is 8.40. The molecule has 118 valence electrons. The monoisotopic (exact) mass is 307 g/mol. The van der Waals surface area contributed by atoms with Gasteiger partial charge in [0, 0.05) is 18.2 Å². The van der Waals surface area contributed by atoms with Gasteiger partial charge in [-0.2, -0.15) is 0 Å². The fraction of sp³-hybridized carbons (Fsp3) is 0.400. The van der Waals surface area contributed by atoms with Gasteiger partial charge in [0.15, 0.2) is 11.5 Å². The van der Waals surface area contributed by atoms with Crippen LogP contribution < -0.4 is 9.47 Å². The van der Waals surface area contributed by atoms with Gasteiger partial charge in [-0.1, -0.05) is 12.1 Å². The molecule has 2 heterocycles. The molecule has 1 aliphatic carbocycles. The molecule has 5 rings (SSSR count). The number of rotatable bonds is 0. The lowest BCUT2D eigenvalue weighted by atomic mass is 9.75. The van der Waals surface area contributed by atoms with Gasteiger partial charge in [0.25, 0.3) is 0 Å². The summed E-state index contributed by atoms with van der Waals surface area (Å²) in [6, 6.07) is 7.23. The highest BCUT2D eigenvalue weighted by molar-refractivity contribution is 5.86. The lowest BCUT2D eigenvalue weighted by molar-refractivity contribution is 0.174. The highest BCUT2D eigenvalue weighted by atomic mass is 16.7. The largest absolute Gasteiger partial charge is 0.454 e. The number of nitrogens with zero attached hydrogens (tertiary/aromatic N) is 1. The maximum atomic E-state index is 5.92. The molecule has 2 aromatic rings. The predicted molar refractivity (Wildman–Crippen MR) is 90.3 cm³/mol. The zero-order valence-electron chi connectivity index (χ0n) is 13.9. The highest BCUT2D eigenvalue weighted by Gasteiger charge is 2.38. The van der Waals surface area contributed by atoms with Gasteiger partial charge >= 0.3 is 0 Å². The minimum Gasteiger partial charge on any atom is -0.454 e. The van der Waals surface area contributed by atoms with Crippen molar-refractivity contribution in [2.75, 3.05) is 20.4 Å². The third kappa shape index (κ3) is 1.69. The molecule has 0 fully saturated rings. The number of fused-ring (bicyclic) bond motifs is 4. The molecule has 0 N–H and O–H groups in total. The quantitative estimate of drug-likeness (QED) is 0.739. The second-order valence-electron chi connectivity index (χ2n) is 7.05. The molecule has 0 radical (unpaired) electrons. The van der Waals surface area contributed by atoms with E-state index in [1.54, 1.807) is 0 Å². The summed E-state index contributed by atoms with van der Waals surface area (Å²) in [5.74, 6) is 1.88. The number of benzene rings is 2. The van der Waals surface area contributed by atoms with Gasteiger partial charge in [-0.05, 0) is 73.2 Å². The van der Waals surface area contributed by atoms with Crippen molar-refractivity contribution in [3.8, 4) is 22.6 Å². The van der Waals surface area contributed by atoms with Crippen molar-refractivity contribution >= 4 is 0 Å². The Balaban J connectivity index is 1.91. The average molecular weight is 307 g/mol. The minimum absolute atomic E-state index is 0.339. The molecule has 1 unspecified atom stereocenters. The van der Waals surface area contributed by atoms with Gasteiger partial charge in [0.2, 0.25) is 6.79 Å². The second-order valence-corrected chi connectivity index (χ2v) is 7.05. The highest BCUT2D eigenvalue weighted by Crippen LogP contribution is 2.54. The van der Waals surface area contributed by atoms with Crippen LogP contribution in [0, 0.1) is 13.8 Å². The van der Waals surface area contributed by atoms with E-state index in [-0.39, 0.29) is 0 Å². The van der Waals surface area contributed by atoms with Crippen molar-refractivity contribution < 1.29 is 9.47 Å². The molecule has 0 spiro atoms. The average Bonchev–Trinajstić information content (AvgIpc) is 3.02. The molecule has 1 atom stereocenters.